The number of rotatable bonds is 5. The summed E-state index contributed by atoms with van der Waals surface area (Å²) in [7, 11) is 3.02. The summed E-state index contributed by atoms with van der Waals surface area (Å²) in [4.78, 5) is 30.1. The second-order valence-corrected chi connectivity index (χ2v) is 3.71. The maximum atomic E-state index is 11.4. The molecule has 0 spiro atoms. The lowest BCUT2D eigenvalue weighted by molar-refractivity contribution is -0.140. The fraction of sp³-hybridized carbons (Fsp3) is 0.500. The first kappa shape index (κ1) is 13.0. The van der Waals surface area contributed by atoms with Gasteiger partial charge < -0.3 is 19.7 Å². The van der Waals surface area contributed by atoms with Crippen LogP contribution in [0.2, 0.25) is 0 Å². The number of carboxylic acid groups (broad SMARTS) is 1. The monoisotopic (exact) mass is 241 g/mol. The van der Waals surface area contributed by atoms with Crippen LogP contribution in [-0.4, -0.2) is 41.7 Å². The Bertz CT molecular complexity index is 457. The highest BCUT2D eigenvalue weighted by Crippen LogP contribution is 2.19. The van der Waals surface area contributed by atoms with Crippen LogP contribution in [-0.2, 0) is 4.79 Å². The molecule has 0 amide bonds. The third kappa shape index (κ3) is 2.96. The van der Waals surface area contributed by atoms with Crippen LogP contribution in [0.5, 0.6) is 5.75 Å². The predicted molar refractivity (Wildman–Crippen MR) is 61.5 cm³/mol. The second kappa shape index (κ2) is 5.33. The second-order valence-electron chi connectivity index (χ2n) is 3.71. The average Bonchev–Trinajstić information content (AvgIpc) is 2.28. The molecular weight excluding hydrogens is 226 g/mol. The van der Waals surface area contributed by atoms with Gasteiger partial charge in [0.2, 0.25) is 5.75 Å². The van der Waals surface area contributed by atoms with E-state index in [-0.39, 0.29) is 12.3 Å². The number of hydrogen-bond acceptors (Lipinski definition) is 5. The molecule has 1 unspecified atom stereocenters. The quantitative estimate of drug-likeness (QED) is 0.749. The molecule has 1 aromatic rings. The van der Waals surface area contributed by atoms with Crippen molar-refractivity contribution < 1.29 is 14.6 Å². The van der Waals surface area contributed by atoms with E-state index in [4.69, 9.17) is 9.84 Å². The van der Waals surface area contributed by atoms with Crippen LogP contribution in [0.3, 0.4) is 0 Å². The molecule has 0 aliphatic carbocycles. The van der Waals surface area contributed by atoms with E-state index in [1.807, 2.05) is 0 Å². The molecule has 0 bridgehead atoms. The van der Waals surface area contributed by atoms with Crippen molar-refractivity contribution in [2.45, 2.75) is 6.92 Å². The standard InChI is InChI=1S/C10H15N3O4/c1-6(10(15)16)4-13(2)8-7(17-3)9(14)12-5-11-8/h5-6H,4H2,1-3H3,(H,15,16)(H,11,12,14). The van der Waals surface area contributed by atoms with Gasteiger partial charge in [-0.1, -0.05) is 6.92 Å². The van der Waals surface area contributed by atoms with Gasteiger partial charge in [-0.15, -0.1) is 0 Å². The largest absolute Gasteiger partial charge is 0.489 e. The molecule has 1 atom stereocenters. The van der Waals surface area contributed by atoms with E-state index in [1.54, 1.807) is 18.9 Å². The van der Waals surface area contributed by atoms with Gasteiger partial charge in [0, 0.05) is 13.6 Å². The van der Waals surface area contributed by atoms with Gasteiger partial charge in [-0.3, -0.25) is 9.59 Å². The molecule has 7 heteroatoms. The fourth-order valence-electron chi connectivity index (χ4n) is 1.41. The molecule has 0 saturated heterocycles. The zero-order valence-electron chi connectivity index (χ0n) is 9.93. The number of aromatic nitrogens is 2. The molecule has 1 rings (SSSR count). The third-order valence-corrected chi connectivity index (χ3v) is 2.33. The SMILES string of the molecule is COc1c(N(C)CC(C)C(=O)O)nc[nH]c1=O. The fourth-order valence-corrected chi connectivity index (χ4v) is 1.41. The van der Waals surface area contributed by atoms with Crippen molar-refractivity contribution in [1.29, 1.82) is 0 Å². The van der Waals surface area contributed by atoms with E-state index in [1.165, 1.54) is 13.4 Å². The Morgan fingerprint density at radius 3 is 2.88 bits per heavy atom. The van der Waals surface area contributed by atoms with Crippen molar-refractivity contribution in [3.05, 3.63) is 16.7 Å². The summed E-state index contributed by atoms with van der Waals surface area (Å²) >= 11 is 0. The van der Waals surface area contributed by atoms with Crippen LogP contribution in [0.4, 0.5) is 5.82 Å². The number of H-pyrrole nitrogens is 1. The molecule has 0 aromatic carbocycles. The first-order valence-electron chi connectivity index (χ1n) is 5.03. The van der Waals surface area contributed by atoms with Crippen molar-refractivity contribution in [1.82, 2.24) is 9.97 Å². The van der Waals surface area contributed by atoms with Crippen LogP contribution in [0, 0.1) is 5.92 Å². The smallest absolute Gasteiger partial charge is 0.308 e. The van der Waals surface area contributed by atoms with E-state index < -0.39 is 17.4 Å². The van der Waals surface area contributed by atoms with Crippen molar-refractivity contribution in [2.75, 3.05) is 25.6 Å². The third-order valence-electron chi connectivity index (χ3n) is 2.33. The van der Waals surface area contributed by atoms with E-state index >= 15 is 0 Å². The van der Waals surface area contributed by atoms with Gasteiger partial charge in [-0.2, -0.15) is 0 Å². The molecule has 0 aliphatic rings. The highest BCUT2D eigenvalue weighted by atomic mass is 16.5. The van der Waals surface area contributed by atoms with Crippen molar-refractivity contribution in [2.24, 2.45) is 5.92 Å². The van der Waals surface area contributed by atoms with E-state index in [2.05, 4.69) is 9.97 Å². The normalized spacial score (nSPS) is 11.9. The number of aromatic amines is 1. The molecule has 2 N–H and O–H groups in total. The number of ether oxygens (including phenoxy) is 1. The number of nitrogens with one attached hydrogen (secondary N) is 1. The molecular formula is C10H15N3O4. The minimum absolute atomic E-state index is 0.0765. The van der Waals surface area contributed by atoms with Gasteiger partial charge in [-0.25, -0.2) is 4.98 Å². The van der Waals surface area contributed by atoms with Crippen LogP contribution < -0.4 is 15.2 Å². The summed E-state index contributed by atoms with van der Waals surface area (Å²) in [6, 6.07) is 0. The van der Waals surface area contributed by atoms with Crippen LogP contribution >= 0.6 is 0 Å². The van der Waals surface area contributed by atoms with E-state index in [0.29, 0.717) is 5.82 Å². The van der Waals surface area contributed by atoms with Crippen molar-refractivity contribution in [3.63, 3.8) is 0 Å². The molecule has 0 radical (unpaired) electrons. The number of carboxylic acids is 1. The minimum Gasteiger partial charge on any atom is -0.489 e. The lowest BCUT2D eigenvalue weighted by Gasteiger charge is -2.21. The Morgan fingerprint density at radius 1 is 1.71 bits per heavy atom. The number of nitrogens with zero attached hydrogens (tertiary/aromatic N) is 2. The average molecular weight is 241 g/mol. The zero-order chi connectivity index (χ0) is 13.0. The number of aliphatic carboxylic acids is 1. The van der Waals surface area contributed by atoms with E-state index in [0.717, 1.165) is 0 Å². The zero-order valence-corrected chi connectivity index (χ0v) is 9.93. The van der Waals surface area contributed by atoms with Crippen molar-refractivity contribution >= 4 is 11.8 Å². The summed E-state index contributed by atoms with van der Waals surface area (Å²) in [5, 5.41) is 8.81. The number of methoxy groups -OCH3 is 1. The Kier molecular flexibility index (Phi) is 4.08. The lowest BCUT2D eigenvalue weighted by Crippen LogP contribution is -2.30. The molecule has 0 fully saturated rings. The molecule has 17 heavy (non-hydrogen) atoms. The Labute approximate surface area is 98.1 Å². The first-order valence-corrected chi connectivity index (χ1v) is 5.03. The summed E-state index contributed by atoms with van der Waals surface area (Å²) < 4.78 is 4.94. The molecule has 0 saturated carbocycles. The molecule has 7 nitrogen and oxygen atoms in total. The number of carbonyl (C=O) groups is 1. The number of hydrogen-bond donors (Lipinski definition) is 2. The van der Waals surface area contributed by atoms with E-state index in [9.17, 15) is 9.59 Å². The summed E-state index contributed by atoms with van der Waals surface area (Å²) in [6.45, 7) is 1.82. The highest BCUT2D eigenvalue weighted by molar-refractivity contribution is 5.70. The van der Waals surface area contributed by atoms with Crippen LogP contribution in [0.1, 0.15) is 6.92 Å². The van der Waals surface area contributed by atoms with Crippen LogP contribution in [0.15, 0.2) is 11.1 Å². The van der Waals surface area contributed by atoms with Gasteiger partial charge in [-0.05, 0) is 0 Å². The maximum Gasteiger partial charge on any atom is 0.308 e. The molecule has 1 heterocycles. The Morgan fingerprint density at radius 2 is 2.35 bits per heavy atom. The maximum absolute atomic E-state index is 11.4. The Balaban J connectivity index is 2.96. The summed E-state index contributed by atoms with van der Waals surface area (Å²) in [6.07, 6.45) is 1.25. The van der Waals surface area contributed by atoms with Gasteiger partial charge >= 0.3 is 5.97 Å². The highest BCUT2D eigenvalue weighted by Gasteiger charge is 2.18. The minimum atomic E-state index is -0.902. The van der Waals surface area contributed by atoms with Crippen molar-refractivity contribution in [3.8, 4) is 5.75 Å². The Hall–Kier alpha value is -2.05. The van der Waals surface area contributed by atoms with Crippen LogP contribution in [0.25, 0.3) is 0 Å². The summed E-state index contributed by atoms with van der Waals surface area (Å²) in [5.41, 5.74) is -0.396. The molecule has 94 valence electrons. The topological polar surface area (TPSA) is 95.5 Å². The molecule has 1 aromatic heterocycles. The predicted octanol–water partition coefficient (Wildman–Crippen LogP) is -0.0646. The van der Waals surface area contributed by atoms with Gasteiger partial charge in [0.05, 0.1) is 19.4 Å². The van der Waals surface area contributed by atoms with Gasteiger partial charge in [0.25, 0.3) is 5.56 Å². The first-order chi connectivity index (χ1) is 7.97. The molecule has 0 aliphatic heterocycles. The summed E-state index contributed by atoms with van der Waals surface area (Å²) in [5.74, 6) is -1.07. The van der Waals surface area contributed by atoms with Gasteiger partial charge in [0.15, 0.2) is 5.82 Å². The lowest BCUT2D eigenvalue weighted by atomic mass is 10.2. The number of anilines is 1. The van der Waals surface area contributed by atoms with Gasteiger partial charge in [0.1, 0.15) is 0 Å².